The Balaban J connectivity index is 2.18. The third-order valence-electron chi connectivity index (χ3n) is 4.30. The predicted molar refractivity (Wildman–Crippen MR) is 84.7 cm³/mol. The Morgan fingerprint density at radius 2 is 2.05 bits per heavy atom. The first kappa shape index (κ1) is 16.5. The van der Waals surface area contributed by atoms with Crippen LogP contribution in [0, 0.1) is 25.7 Å². The smallest absolute Gasteiger partial charge is 0.254 e. The lowest BCUT2D eigenvalue weighted by molar-refractivity contribution is -0.125. The van der Waals surface area contributed by atoms with Crippen molar-refractivity contribution in [2.24, 2.45) is 11.8 Å². The minimum absolute atomic E-state index is 0.00925. The number of nitrogens with one attached hydrogen (secondary N) is 1. The van der Waals surface area contributed by atoms with Crippen LogP contribution in [0.5, 0.6) is 0 Å². The Bertz CT molecular complexity index is 571. The molecule has 5 heteroatoms. The van der Waals surface area contributed by atoms with Crippen LogP contribution < -0.4 is 5.32 Å². The molecule has 0 bridgehead atoms. The van der Waals surface area contributed by atoms with E-state index in [0.29, 0.717) is 25.3 Å². The lowest BCUT2D eigenvalue weighted by Crippen LogP contribution is -2.34. The fourth-order valence-electron chi connectivity index (χ4n) is 3.13. The maximum atomic E-state index is 12.7. The monoisotopic (exact) mass is 304 g/mol. The molecule has 1 saturated heterocycles. The number of rotatable bonds is 4. The molecule has 0 spiro atoms. The number of hydrogen-bond acceptors (Lipinski definition) is 3. The zero-order valence-electron chi connectivity index (χ0n) is 13.7. The van der Waals surface area contributed by atoms with Gasteiger partial charge in [0, 0.05) is 38.7 Å². The number of carbonyl (C=O) groups excluding carboxylic acids is 2. The van der Waals surface area contributed by atoms with Crippen molar-refractivity contribution in [1.82, 2.24) is 10.2 Å². The predicted octanol–water partition coefficient (Wildman–Crippen LogP) is 1.38. The molecule has 2 unspecified atom stereocenters. The Morgan fingerprint density at radius 1 is 1.32 bits per heavy atom. The zero-order valence-corrected chi connectivity index (χ0v) is 13.7. The van der Waals surface area contributed by atoms with Gasteiger partial charge in [0.15, 0.2) is 0 Å². The number of hydrogen-bond donors (Lipinski definition) is 1. The lowest BCUT2D eigenvalue weighted by Gasteiger charge is -2.18. The molecule has 1 heterocycles. The fraction of sp³-hybridized carbons (Fsp3) is 0.529. The van der Waals surface area contributed by atoms with Gasteiger partial charge in [-0.3, -0.25) is 9.59 Å². The average molecular weight is 304 g/mol. The normalized spacial score (nSPS) is 21.0. The molecular weight excluding hydrogens is 280 g/mol. The molecule has 22 heavy (non-hydrogen) atoms. The summed E-state index contributed by atoms with van der Waals surface area (Å²) < 4.78 is 5.21. The second-order valence-electron chi connectivity index (χ2n) is 5.96. The molecule has 2 amide bonds. The molecule has 1 aliphatic heterocycles. The van der Waals surface area contributed by atoms with Gasteiger partial charge in [-0.05, 0) is 25.5 Å². The first-order chi connectivity index (χ1) is 10.5. The maximum Gasteiger partial charge on any atom is 0.254 e. The number of carbonyl (C=O) groups is 2. The molecule has 1 aromatic carbocycles. The fourth-order valence-corrected chi connectivity index (χ4v) is 3.13. The Kier molecular flexibility index (Phi) is 5.19. The van der Waals surface area contributed by atoms with Crippen molar-refractivity contribution >= 4 is 11.8 Å². The van der Waals surface area contributed by atoms with Gasteiger partial charge in [-0.15, -0.1) is 0 Å². The van der Waals surface area contributed by atoms with E-state index in [0.717, 1.165) is 11.1 Å². The van der Waals surface area contributed by atoms with Crippen LogP contribution in [-0.2, 0) is 9.53 Å². The van der Waals surface area contributed by atoms with E-state index in [4.69, 9.17) is 4.74 Å². The van der Waals surface area contributed by atoms with Gasteiger partial charge in [0.1, 0.15) is 0 Å². The van der Waals surface area contributed by atoms with Gasteiger partial charge in [-0.1, -0.05) is 17.7 Å². The summed E-state index contributed by atoms with van der Waals surface area (Å²) in [5.41, 5.74) is 2.81. The van der Waals surface area contributed by atoms with Crippen LogP contribution in [0.3, 0.4) is 0 Å². The van der Waals surface area contributed by atoms with E-state index in [1.54, 1.807) is 19.1 Å². The van der Waals surface area contributed by atoms with Crippen LogP contribution in [-0.4, -0.2) is 50.6 Å². The number of nitrogens with zero attached hydrogens (tertiary/aromatic N) is 1. The van der Waals surface area contributed by atoms with Crippen molar-refractivity contribution in [3.05, 3.63) is 34.9 Å². The number of methoxy groups -OCH3 is 1. The number of ether oxygens (including phenoxy) is 1. The van der Waals surface area contributed by atoms with Gasteiger partial charge in [0.2, 0.25) is 5.91 Å². The van der Waals surface area contributed by atoms with Gasteiger partial charge in [0.25, 0.3) is 5.91 Å². The van der Waals surface area contributed by atoms with Crippen molar-refractivity contribution in [3.8, 4) is 0 Å². The molecule has 0 aliphatic carbocycles. The van der Waals surface area contributed by atoms with Crippen molar-refractivity contribution < 1.29 is 14.3 Å². The van der Waals surface area contributed by atoms with Crippen LogP contribution in [0.15, 0.2) is 18.2 Å². The summed E-state index contributed by atoms with van der Waals surface area (Å²) in [5.74, 6) is -0.206. The molecule has 0 radical (unpaired) electrons. The molecule has 5 nitrogen and oxygen atoms in total. The van der Waals surface area contributed by atoms with Crippen LogP contribution in [0.1, 0.15) is 21.5 Å². The van der Waals surface area contributed by atoms with Crippen molar-refractivity contribution in [2.75, 3.05) is 33.9 Å². The number of likely N-dealkylation sites (tertiary alicyclic amines) is 1. The summed E-state index contributed by atoms with van der Waals surface area (Å²) in [6, 6.07) is 5.82. The number of amides is 2. The van der Waals surface area contributed by atoms with E-state index < -0.39 is 0 Å². The highest BCUT2D eigenvalue weighted by Crippen LogP contribution is 2.26. The van der Waals surface area contributed by atoms with E-state index in [1.165, 1.54) is 0 Å². The van der Waals surface area contributed by atoms with E-state index in [2.05, 4.69) is 5.32 Å². The minimum Gasteiger partial charge on any atom is -0.384 e. The first-order valence-electron chi connectivity index (χ1n) is 7.55. The molecule has 0 saturated carbocycles. The average Bonchev–Trinajstić information content (AvgIpc) is 2.90. The molecule has 1 fully saturated rings. The Morgan fingerprint density at radius 3 is 2.64 bits per heavy atom. The minimum atomic E-state index is -0.209. The summed E-state index contributed by atoms with van der Waals surface area (Å²) in [7, 11) is 3.25. The highest BCUT2D eigenvalue weighted by Gasteiger charge is 2.39. The van der Waals surface area contributed by atoms with Crippen molar-refractivity contribution in [1.29, 1.82) is 0 Å². The molecule has 2 rings (SSSR count). The quantitative estimate of drug-likeness (QED) is 0.914. The Labute approximate surface area is 131 Å². The van der Waals surface area contributed by atoms with Gasteiger partial charge in [0.05, 0.1) is 12.5 Å². The van der Waals surface area contributed by atoms with Crippen LogP contribution in [0.25, 0.3) is 0 Å². The second-order valence-corrected chi connectivity index (χ2v) is 5.96. The van der Waals surface area contributed by atoms with E-state index in [-0.39, 0.29) is 23.7 Å². The lowest BCUT2D eigenvalue weighted by atomic mass is 9.96. The molecule has 1 N–H and O–H groups in total. The summed E-state index contributed by atoms with van der Waals surface area (Å²) in [6.07, 6.45) is 0. The summed E-state index contributed by atoms with van der Waals surface area (Å²) >= 11 is 0. The van der Waals surface area contributed by atoms with Gasteiger partial charge in [-0.2, -0.15) is 0 Å². The number of aryl methyl sites for hydroxylation is 2. The van der Waals surface area contributed by atoms with Crippen LogP contribution in [0.2, 0.25) is 0 Å². The topological polar surface area (TPSA) is 58.6 Å². The van der Waals surface area contributed by atoms with Gasteiger partial charge >= 0.3 is 0 Å². The highest BCUT2D eigenvalue weighted by molar-refractivity contribution is 5.96. The summed E-state index contributed by atoms with van der Waals surface area (Å²) in [4.78, 5) is 26.5. The van der Waals surface area contributed by atoms with E-state index in [1.807, 2.05) is 32.0 Å². The Hall–Kier alpha value is -1.88. The standard InChI is InChI=1S/C17H24N2O3/c1-11-5-6-14(12(2)7-11)17(21)19-8-13(10-22-4)15(9-19)16(20)18-3/h5-7,13,15H,8-10H2,1-4H3,(H,18,20). The first-order valence-corrected chi connectivity index (χ1v) is 7.55. The third kappa shape index (κ3) is 3.30. The van der Waals surface area contributed by atoms with E-state index in [9.17, 15) is 9.59 Å². The molecule has 2 atom stereocenters. The molecular formula is C17H24N2O3. The van der Waals surface area contributed by atoms with Crippen molar-refractivity contribution in [2.45, 2.75) is 13.8 Å². The highest BCUT2D eigenvalue weighted by atomic mass is 16.5. The molecule has 1 aromatic rings. The van der Waals surface area contributed by atoms with Crippen molar-refractivity contribution in [3.63, 3.8) is 0 Å². The van der Waals surface area contributed by atoms with Crippen LogP contribution in [0.4, 0.5) is 0 Å². The second kappa shape index (κ2) is 6.92. The van der Waals surface area contributed by atoms with Crippen LogP contribution >= 0.6 is 0 Å². The largest absolute Gasteiger partial charge is 0.384 e. The zero-order chi connectivity index (χ0) is 16.3. The number of benzene rings is 1. The SMILES string of the molecule is CNC(=O)C1CN(C(=O)c2ccc(C)cc2C)CC1COC. The van der Waals surface area contributed by atoms with Gasteiger partial charge < -0.3 is 15.0 Å². The summed E-state index contributed by atoms with van der Waals surface area (Å²) in [5, 5.41) is 2.68. The summed E-state index contributed by atoms with van der Waals surface area (Å²) in [6.45, 7) is 5.43. The maximum absolute atomic E-state index is 12.7. The molecule has 0 aromatic heterocycles. The van der Waals surface area contributed by atoms with Gasteiger partial charge in [-0.25, -0.2) is 0 Å². The van der Waals surface area contributed by atoms with E-state index >= 15 is 0 Å². The molecule has 1 aliphatic rings. The molecule has 120 valence electrons. The third-order valence-corrected chi connectivity index (χ3v) is 4.30.